The Labute approximate surface area is 138 Å². The number of halogens is 1. The maximum absolute atomic E-state index is 4.42. The normalized spacial score (nSPS) is 19.5. The molecule has 1 N–H and O–H groups in total. The van der Waals surface area contributed by atoms with Gasteiger partial charge in [-0.05, 0) is 65.2 Å². The molecule has 0 spiro atoms. The molecule has 0 radical (unpaired) electrons. The molecule has 114 valence electrons. The van der Waals surface area contributed by atoms with Crippen LogP contribution in [-0.4, -0.2) is 16.3 Å². The summed E-state index contributed by atoms with van der Waals surface area (Å²) in [5, 5.41) is 10.4. The molecule has 0 saturated carbocycles. The first-order chi connectivity index (χ1) is 10.2. The van der Waals surface area contributed by atoms with Gasteiger partial charge in [-0.1, -0.05) is 6.92 Å². The van der Waals surface area contributed by atoms with Gasteiger partial charge in [-0.15, -0.1) is 11.3 Å². The molecule has 21 heavy (non-hydrogen) atoms. The Balaban J connectivity index is 1.98. The quantitative estimate of drug-likeness (QED) is 0.848. The van der Waals surface area contributed by atoms with E-state index in [1.165, 1.54) is 25.0 Å². The Bertz CT molecular complexity index is 585. The molecule has 0 fully saturated rings. The topological polar surface area (TPSA) is 29.9 Å². The molecule has 2 aromatic rings. The van der Waals surface area contributed by atoms with Crippen LogP contribution in [0.3, 0.4) is 0 Å². The van der Waals surface area contributed by atoms with Gasteiger partial charge >= 0.3 is 0 Å². The van der Waals surface area contributed by atoms with E-state index < -0.39 is 0 Å². The predicted octanol–water partition coefficient (Wildman–Crippen LogP) is 4.40. The summed E-state index contributed by atoms with van der Waals surface area (Å²) in [6.45, 7) is 3.26. The molecule has 5 heteroatoms. The van der Waals surface area contributed by atoms with Crippen LogP contribution in [0.5, 0.6) is 0 Å². The van der Waals surface area contributed by atoms with Crippen LogP contribution < -0.4 is 5.32 Å². The van der Waals surface area contributed by atoms with Crippen LogP contribution in [0.4, 0.5) is 0 Å². The summed E-state index contributed by atoms with van der Waals surface area (Å²) in [5.41, 5.74) is 2.82. The van der Waals surface area contributed by atoms with Crippen molar-refractivity contribution in [3.63, 3.8) is 0 Å². The van der Waals surface area contributed by atoms with Crippen molar-refractivity contribution in [2.24, 2.45) is 7.05 Å². The smallest absolute Gasteiger partial charge is 0.0698 e. The van der Waals surface area contributed by atoms with Gasteiger partial charge in [-0.2, -0.15) is 5.10 Å². The van der Waals surface area contributed by atoms with Crippen molar-refractivity contribution < 1.29 is 0 Å². The lowest BCUT2D eigenvalue weighted by Gasteiger charge is -2.32. The zero-order valence-electron chi connectivity index (χ0n) is 12.6. The van der Waals surface area contributed by atoms with Crippen LogP contribution in [0.15, 0.2) is 22.1 Å². The molecule has 3 nitrogen and oxygen atoms in total. The average Bonchev–Trinajstić information content (AvgIpc) is 3.08. The molecule has 1 aliphatic carbocycles. The number of hydrogen-bond donors (Lipinski definition) is 1. The summed E-state index contributed by atoms with van der Waals surface area (Å²) >= 11 is 5.60. The van der Waals surface area contributed by atoms with Gasteiger partial charge in [0, 0.05) is 17.8 Å². The van der Waals surface area contributed by atoms with Crippen LogP contribution in [0.2, 0.25) is 0 Å². The highest BCUT2D eigenvalue weighted by molar-refractivity contribution is 9.10. The number of nitrogens with zero attached hydrogens (tertiary/aromatic N) is 2. The van der Waals surface area contributed by atoms with Crippen molar-refractivity contribution >= 4 is 27.3 Å². The molecule has 0 bridgehead atoms. The molecular formula is C16H22BrN3S. The molecule has 0 aliphatic heterocycles. The third-order valence-corrected chi connectivity index (χ3v) is 5.95. The second kappa shape index (κ2) is 6.63. The van der Waals surface area contributed by atoms with Gasteiger partial charge < -0.3 is 5.32 Å². The Morgan fingerprint density at radius 3 is 3.14 bits per heavy atom. The van der Waals surface area contributed by atoms with Crippen molar-refractivity contribution in [3.05, 3.63) is 38.3 Å². The molecule has 3 rings (SSSR count). The van der Waals surface area contributed by atoms with Gasteiger partial charge in [0.25, 0.3) is 0 Å². The van der Waals surface area contributed by atoms with Crippen molar-refractivity contribution in [3.8, 4) is 0 Å². The number of aryl methyl sites for hydroxylation is 2. The zero-order chi connectivity index (χ0) is 14.8. The molecule has 0 aromatic carbocycles. The molecule has 1 aliphatic rings. The molecular weight excluding hydrogens is 346 g/mol. The van der Waals surface area contributed by atoms with Gasteiger partial charge in [-0.3, -0.25) is 4.68 Å². The lowest BCUT2D eigenvalue weighted by molar-refractivity contribution is 0.385. The Kier molecular flexibility index (Phi) is 4.82. The largest absolute Gasteiger partial charge is 0.308 e. The second-order valence-electron chi connectivity index (χ2n) is 5.73. The summed E-state index contributed by atoms with van der Waals surface area (Å²) in [5.74, 6) is 0.554. The average molecular weight is 368 g/mol. The summed E-state index contributed by atoms with van der Waals surface area (Å²) in [6.07, 6.45) is 6.85. The van der Waals surface area contributed by atoms with E-state index >= 15 is 0 Å². The van der Waals surface area contributed by atoms with Gasteiger partial charge in [0.2, 0.25) is 0 Å². The van der Waals surface area contributed by atoms with E-state index in [0.29, 0.717) is 12.0 Å². The Hall–Kier alpha value is -0.650. The van der Waals surface area contributed by atoms with Crippen molar-refractivity contribution in [1.29, 1.82) is 0 Å². The first-order valence-electron chi connectivity index (χ1n) is 7.69. The lowest BCUT2D eigenvalue weighted by atomic mass is 9.81. The van der Waals surface area contributed by atoms with Gasteiger partial charge in [0.15, 0.2) is 0 Å². The number of rotatable bonds is 5. The standard InChI is InChI=1S/C16H22BrN3S/c1-3-8-18-15(16-13(17)10-19-20(16)2)12-5-4-6-14-11(12)7-9-21-14/h7,9-10,12,15,18H,3-6,8H2,1-2H3. The summed E-state index contributed by atoms with van der Waals surface area (Å²) in [6, 6.07) is 2.66. The van der Waals surface area contributed by atoms with Gasteiger partial charge in [0.1, 0.15) is 0 Å². The molecule has 2 aromatic heterocycles. The van der Waals surface area contributed by atoms with Crippen LogP contribution in [0.1, 0.15) is 54.3 Å². The minimum absolute atomic E-state index is 0.334. The fourth-order valence-electron chi connectivity index (χ4n) is 3.37. The van der Waals surface area contributed by atoms with E-state index in [9.17, 15) is 0 Å². The van der Waals surface area contributed by atoms with Crippen LogP contribution >= 0.6 is 27.3 Å². The third-order valence-electron chi connectivity index (χ3n) is 4.35. The zero-order valence-corrected chi connectivity index (χ0v) is 15.0. The number of thiophene rings is 1. The lowest BCUT2D eigenvalue weighted by Crippen LogP contribution is -2.31. The van der Waals surface area contributed by atoms with Crippen LogP contribution in [0.25, 0.3) is 0 Å². The van der Waals surface area contributed by atoms with E-state index in [1.54, 1.807) is 10.4 Å². The van der Waals surface area contributed by atoms with E-state index in [1.807, 2.05) is 29.3 Å². The highest BCUT2D eigenvalue weighted by Crippen LogP contribution is 2.43. The number of nitrogens with one attached hydrogen (secondary N) is 1. The monoisotopic (exact) mass is 367 g/mol. The van der Waals surface area contributed by atoms with Crippen molar-refractivity contribution in [2.75, 3.05) is 6.54 Å². The molecule has 2 atom stereocenters. The van der Waals surface area contributed by atoms with E-state index in [2.05, 4.69) is 44.7 Å². The number of aromatic nitrogens is 2. The second-order valence-corrected chi connectivity index (χ2v) is 7.59. The fraction of sp³-hybridized carbons (Fsp3) is 0.562. The fourth-order valence-corrected chi connectivity index (χ4v) is 4.96. The first-order valence-corrected chi connectivity index (χ1v) is 9.36. The molecule has 2 unspecified atom stereocenters. The summed E-state index contributed by atoms with van der Waals surface area (Å²) in [4.78, 5) is 1.58. The minimum atomic E-state index is 0.334. The highest BCUT2D eigenvalue weighted by Gasteiger charge is 2.32. The van der Waals surface area contributed by atoms with Crippen LogP contribution in [0, 0.1) is 0 Å². The van der Waals surface area contributed by atoms with E-state index in [-0.39, 0.29) is 0 Å². The molecule has 0 saturated heterocycles. The highest BCUT2D eigenvalue weighted by atomic mass is 79.9. The van der Waals surface area contributed by atoms with E-state index in [0.717, 1.165) is 17.4 Å². The van der Waals surface area contributed by atoms with Crippen molar-refractivity contribution in [1.82, 2.24) is 15.1 Å². The SMILES string of the molecule is CCCNC(c1c(Br)cnn1C)C1CCCc2sccc21. The minimum Gasteiger partial charge on any atom is -0.308 e. The summed E-state index contributed by atoms with van der Waals surface area (Å²) in [7, 11) is 2.04. The Morgan fingerprint density at radius 2 is 2.43 bits per heavy atom. The third kappa shape index (κ3) is 2.96. The van der Waals surface area contributed by atoms with Gasteiger partial charge in [-0.25, -0.2) is 0 Å². The Morgan fingerprint density at radius 1 is 1.57 bits per heavy atom. The maximum atomic E-state index is 4.42. The van der Waals surface area contributed by atoms with Gasteiger partial charge in [0.05, 0.1) is 22.4 Å². The van der Waals surface area contributed by atoms with E-state index in [4.69, 9.17) is 0 Å². The molecule has 2 heterocycles. The van der Waals surface area contributed by atoms with Crippen molar-refractivity contribution in [2.45, 2.75) is 44.6 Å². The maximum Gasteiger partial charge on any atom is 0.0698 e. The summed E-state index contributed by atoms with van der Waals surface area (Å²) < 4.78 is 3.12. The molecule has 0 amide bonds. The predicted molar refractivity (Wildman–Crippen MR) is 91.9 cm³/mol. The van der Waals surface area contributed by atoms with Crippen LogP contribution in [-0.2, 0) is 13.5 Å². The number of hydrogen-bond acceptors (Lipinski definition) is 3. The first kappa shape index (κ1) is 15.3. The number of fused-ring (bicyclic) bond motifs is 1.